The van der Waals surface area contributed by atoms with Crippen LogP contribution >= 0.6 is 11.8 Å². The molecule has 0 saturated heterocycles. The van der Waals surface area contributed by atoms with E-state index >= 15 is 0 Å². The Labute approximate surface area is 160 Å². The molecule has 7 heteroatoms. The topological polar surface area (TPSA) is 59.3 Å². The lowest BCUT2D eigenvalue weighted by molar-refractivity contribution is 0.0978. The first kappa shape index (κ1) is 17.5. The number of carbonyl (C=O) groups excluding carboxylic acids is 1. The van der Waals surface area contributed by atoms with Crippen LogP contribution in [0.2, 0.25) is 0 Å². The second-order valence-electron chi connectivity index (χ2n) is 6.17. The summed E-state index contributed by atoms with van der Waals surface area (Å²) >= 11 is 1.52. The number of nitrogens with one attached hydrogen (secondary N) is 1. The number of aryl methyl sites for hydroxylation is 1. The van der Waals surface area contributed by atoms with Gasteiger partial charge in [-0.25, -0.2) is 9.07 Å². The lowest BCUT2D eigenvalue weighted by Gasteiger charge is -2.05. The van der Waals surface area contributed by atoms with Crippen molar-refractivity contribution < 1.29 is 9.18 Å². The zero-order valence-corrected chi connectivity index (χ0v) is 15.5. The highest BCUT2D eigenvalue weighted by Gasteiger charge is 2.21. The Morgan fingerprint density at radius 2 is 2.04 bits per heavy atom. The molecule has 4 rings (SSSR count). The van der Waals surface area contributed by atoms with Crippen LogP contribution in [0.3, 0.4) is 0 Å². The summed E-state index contributed by atoms with van der Waals surface area (Å²) < 4.78 is 14.8. The lowest BCUT2D eigenvalue weighted by Crippen LogP contribution is -2.27. The Hall–Kier alpha value is -2.93. The van der Waals surface area contributed by atoms with Crippen molar-refractivity contribution in [1.29, 1.82) is 0 Å². The SMILES string of the molecule is Cc1cccc(-c2nn(-c3ccc(F)cc3)cc2C(=O)NC2=NCCS2)c1. The van der Waals surface area contributed by atoms with E-state index in [9.17, 15) is 9.18 Å². The summed E-state index contributed by atoms with van der Waals surface area (Å²) in [5.41, 5.74) is 3.62. The quantitative estimate of drug-likeness (QED) is 0.751. The third-order valence-corrected chi connectivity index (χ3v) is 5.04. The van der Waals surface area contributed by atoms with Gasteiger partial charge in [-0.15, -0.1) is 0 Å². The summed E-state index contributed by atoms with van der Waals surface area (Å²) in [5.74, 6) is 0.293. The van der Waals surface area contributed by atoms with E-state index in [4.69, 9.17) is 0 Å². The summed E-state index contributed by atoms with van der Waals surface area (Å²) in [4.78, 5) is 17.1. The van der Waals surface area contributed by atoms with Crippen LogP contribution in [0.25, 0.3) is 16.9 Å². The summed E-state index contributed by atoms with van der Waals surface area (Å²) in [6, 6.07) is 13.8. The number of rotatable bonds is 3. The maximum absolute atomic E-state index is 13.2. The molecule has 2 heterocycles. The molecule has 1 aliphatic heterocycles. The monoisotopic (exact) mass is 380 g/mol. The van der Waals surface area contributed by atoms with Crippen LogP contribution < -0.4 is 5.32 Å². The summed E-state index contributed by atoms with van der Waals surface area (Å²) in [6.07, 6.45) is 1.67. The van der Waals surface area contributed by atoms with Gasteiger partial charge in [0.05, 0.1) is 17.8 Å². The van der Waals surface area contributed by atoms with E-state index in [0.717, 1.165) is 16.9 Å². The number of amides is 1. The van der Waals surface area contributed by atoms with Crippen molar-refractivity contribution in [2.45, 2.75) is 6.92 Å². The Balaban J connectivity index is 1.77. The minimum absolute atomic E-state index is 0.256. The minimum Gasteiger partial charge on any atom is -0.301 e. The highest BCUT2D eigenvalue weighted by Crippen LogP contribution is 2.25. The van der Waals surface area contributed by atoms with Gasteiger partial charge in [-0.3, -0.25) is 9.79 Å². The van der Waals surface area contributed by atoms with Crippen LogP contribution in [0.5, 0.6) is 0 Å². The van der Waals surface area contributed by atoms with Crippen molar-refractivity contribution in [3.05, 3.63) is 71.7 Å². The number of aromatic nitrogens is 2. The average molecular weight is 380 g/mol. The highest BCUT2D eigenvalue weighted by molar-refractivity contribution is 8.14. The zero-order valence-electron chi connectivity index (χ0n) is 14.6. The zero-order chi connectivity index (χ0) is 18.8. The van der Waals surface area contributed by atoms with Crippen LogP contribution in [0, 0.1) is 12.7 Å². The molecule has 1 amide bonds. The van der Waals surface area contributed by atoms with Gasteiger partial charge < -0.3 is 5.32 Å². The number of benzene rings is 2. The van der Waals surface area contributed by atoms with Crippen molar-refractivity contribution in [2.75, 3.05) is 12.3 Å². The fraction of sp³-hybridized carbons (Fsp3) is 0.150. The second-order valence-corrected chi connectivity index (χ2v) is 7.25. The molecule has 0 radical (unpaired) electrons. The number of hydrogen-bond donors (Lipinski definition) is 1. The molecule has 0 unspecified atom stereocenters. The van der Waals surface area contributed by atoms with Gasteiger partial charge in [-0.2, -0.15) is 5.10 Å². The Kier molecular flexibility index (Phi) is 4.77. The number of aliphatic imine (C=N–C) groups is 1. The van der Waals surface area contributed by atoms with Gasteiger partial charge in [0.15, 0.2) is 5.17 Å². The molecular formula is C20H17FN4OS. The standard InChI is InChI=1S/C20H17FN4OS/c1-13-3-2-4-14(11-13)18-17(19(26)23-20-22-9-10-27-20)12-25(24-18)16-7-5-15(21)6-8-16/h2-8,11-12H,9-10H2,1H3,(H,22,23,26). The number of halogens is 1. The number of amidine groups is 1. The van der Waals surface area contributed by atoms with Gasteiger partial charge in [0.25, 0.3) is 5.91 Å². The average Bonchev–Trinajstić information content (AvgIpc) is 3.32. The first-order chi connectivity index (χ1) is 13.1. The summed E-state index contributed by atoms with van der Waals surface area (Å²) in [6.45, 7) is 2.70. The second kappa shape index (κ2) is 7.36. The highest BCUT2D eigenvalue weighted by atomic mass is 32.2. The van der Waals surface area contributed by atoms with Crippen molar-refractivity contribution in [3.63, 3.8) is 0 Å². The lowest BCUT2D eigenvalue weighted by atomic mass is 10.1. The molecule has 1 N–H and O–H groups in total. The van der Waals surface area contributed by atoms with Crippen molar-refractivity contribution in [3.8, 4) is 16.9 Å². The van der Waals surface area contributed by atoms with Crippen molar-refractivity contribution >= 4 is 22.8 Å². The molecule has 0 fully saturated rings. The van der Waals surface area contributed by atoms with E-state index in [2.05, 4.69) is 15.4 Å². The molecule has 1 aliphatic rings. The van der Waals surface area contributed by atoms with E-state index in [1.807, 2.05) is 31.2 Å². The third kappa shape index (κ3) is 3.78. The van der Waals surface area contributed by atoms with Gasteiger partial charge >= 0.3 is 0 Å². The van der Waals surface area contributed by atoms with Crippen LogP contribution in [-0.2, 0) is 0 Å². The van der Waals surface area contributed by atoms with E-state index in [-0.39, 0.29) is 11.7 Å². The van der Waals surface area contributed by atoms with E-state index in [1.54, 1.807) is 23.0 Å². The van der Waals surface area contributed by atoms with Gasteiger partial charge in [-0.1, -0.05) is 35.5 Å². The molecule has 2 aromatic carbocycles. The number of nitrogens with zero attached hydrogens (tertiary/aromatic N) is 3. The molecule has 27 heavy (non-hydrogen) atoms. The van der Waals surface area contributed by atoms with E-state index < -0.39 is 0 Å². The third-order valence-electron chi connectivity index (χ3n) is 4.15. The van der Waals surface area contributed by atoms with Crippen LogP contribution in [0.4, 0.5) is 4.39 Å². The molecule has 0 spiro atoms. The summed E-state index contributed by atoms with van der Waals surface area (Å²) in [5, 5.41) is 8.09. The predicted molar refractivity (Wildman–Crippen MR) is 106 cm³/mol. The van der Waals surface area contributed by atoms with E-state index in [1.165, 1.54) is 23.9 Å². The minimum atomic E-state index is -0.320. The van der Waals surface area contributed by atoms with Gasteiger partial charge in [0.2, 0.25) is 0 Å². The smallest absolute Gasteiger partial charge is 0.261 e. The molecule has 3 aromatic rings. The van der Waals surface area contributed by atoms with Crippen molar-refractivity contribution in [2.24, 2.45) is 4.99 Å². The number of thioether (sulfide) groups is 1. The molecular weight excluding hydrogens is 363 g/mol. The van der Waals surface area contributed by atoms with Gasteiger partial charge in [0, 0.05) is 17.5 Å². The number of hydrogen-bond acceptors (Lipinski definition) is 4. The Morgan fingerprint density at radius 3 is 2.74 bits per heavy atom. The molecule has 0 atom stereocenters. The maximum atomic E-state index is 13.2. The largest absolute Gasteiger partial charge is 0.301 e. The summed E-state index contributed by atoms with van der Waals surface area (Å²) in [7, 11) is 0. The fourth-order valence-electron chi connectivity index (χ4n) is 2.85. The van der Waals surface area contributed by atoms with Crippen molar-refractivity contribution in [1.82, 2.24) is 15.1 Å². The normalized spacial score (nSPS) is 13.5. The van der Waals surface area contributed by atoms with Gasteiger partial charge in [-0.05, 0) is 37.3 Å². The maximum Gasteiger partial charge on any atom is 0.261 e. The molecule has 1 aromatic heterocycles. The first-order valence-electron chi connectivity index (χ1n) is 8.51. The molecule has 0 saturated carbocycles. The molecule has 0 aliphatic carbocycles. The van der Waals surface area contributed by atoms with Crippen LogP contribution in [-0.4, -0.2) is 33.2 Å². The predicted octanol–water partition coefficient (Wildman–Crippen LogP) is 3.82. The first-order valence-corrected chi connectivity index (χ1v) is 9.50. The molecule has 136 valence electrons. The molecule has 5 nitrogen and oxygen atoms in total. The Morgan fingerprint density at radius 1 is 1.22 bits per heavy atom. The van der Waals surface area contributed by atoms with E-state index in [0.29, 0.717) is 28.7 Å². The Bertz CT molecular complexity index is 1030. The van der Waals surface area contributed by atoms with Gasteiger partial charge in [0.1, 0.15) is 11.5 Å². The van der Waals surface area contributed by atoms with Crippen LogP contribution in [0.15, 0.2) is 59.7 Å². The fourth-order valence-corrected chi connectivity index (χ4v) is 3.57. The van der Waals surface area contributed by atoms with Crippen LogP contribution in [0.1, 0.15) is 15.9 Å². The molecule has 0 bridgehead atoms. The number of carbonyl (C=O) groups is 1.